The number of nitrogens with one attached hydrogen (secondary N) is 1. The van der Waals surface area contributed by atoms with Crippen LogP contribution in [0.4, 0.5) is 0 Å². The van der Waals surface area contributed by atoms with Gasteiger partial charge in [0.15, 0.2) is 5.69 Å². The number of hydrogen-bond donors (Lipinski definition) is 1. The molecule has 5 heteroatoms. The zero-order valence-electron chi connectivity index (χ0n) is 12.6. The molecule has 0 radical (unpaired) electrons. The van der Waals surface area contributed by atoms with E-state index in [0.717, 1.165) is 17.7 Å². The van der Waals surface area contributed by atoms with Gasteiger partial charge in [-0.05, 0) is 38.5 Å². The number of benzene rings is 1. The van der Waals surface area contributed by atoms with Crippen LogP contribution in [0.15, 0.2) is 30.3 Å². The third-order valence-corrected chi connectivity index (χ3v) is 3.66. The number of hydrogen-bond acceptors (Lipinski definition) is 2. The van der Waals surface area contributed by atoms with E-state index in [4.69, 9.17) is 11.6 Å². The van der Waals surface area contributed by atoms with Gasteiger partial charge in [-0.25, -0.2) is 0 Å². The van der Waals surface area contributed by atoms with Crippen molar-refractivity contribution in [3.63, 3.8) is 0 Å². The van der Waals surface area contributed by atoms with Crippen LogP contribution >= 0.6 is 11.6 Å². The summed E-state index contributed by atoms with van der Waals surface area (Å²) in [4.78, 5) is 12.2. The normalized spacial score (nSPS) is 12.2. The number of carbonyl (C=O) groups excluding carboxylic acids is 1. The molecule has 1 unspecified atom stereocenters. The number of carbonyl (C=O) groups is 1. The highest BCUT2D eigenvalue weighted by molar-refractivity contribution is 6.30. The number of amides is 1. The highest BCUT2D eigenvalue weighted by Crippen LogP contribution is 2.23. The Bertz CT molecular complexity index is 636. The first-order chi connectivity index (χ1) is 10.0. The monoisotopic (exact) mass is 305 g/mol. The highest BCUT2D eigenvalue weighted by atomic mass is 35.5. The Morgan fingerprint density at radius 1 is 1.38 bits per heavy atom. The Labute approximate surface area is 130 Å². The van der Waals surface area contributed by atoms with Gasteiger partial charge in [0.25, 0.3) is 5.91 Å². The lowest BCUT2D eigenvalue weighted by Gasteiger charge is -2.09. The smallest absolute Gasteiger partial charge is 0.272 e. The van der Waals surface area contributed by atoms with Crippen molar-refractivity contribution >= 4 is 17.5 Å². The minimum absolute atomic E-state index is 0.138. The summed E-state index contributed by atoms with van der Waals surface area (Å²) < 4.78 is 1.82. The second-order valence-electron chi connectivity index (χ2n) is 5.02. The summed E-state index contributed by atoms with van der Waals surface area (Å²) in [7, 11) is 0. The van der Waals surface area contributed by atoms with Crippen molar-refractivity contribution in [3.05, 3.63) is 41.0 Å². The van der Waals surface area contributed by atoms with Gasteiger partial charge in [-0.3, -0.25) is 9.48 Å². The lowest BCUT2D eigenvalue weighted by atomic mass is 10.1. The van der Waals surface area contributed by atoms with E-state index in [9.17, 15) is 4.79 Å². The number of aryl methyl sites for hydroxylation is 1. The molecule has 0 bridgehead atoms. The van der Waals surface area contributed by atoms with E-state index >= 15 is 0 Å². The summed E-state index contributed by atoms with van der Waals surface area (Å²) in [5, 5.41) is 7.98. The van der Waals surface area contributed by atoms with Crippen LogP contribution in [0.1, 0.15) is 37.7 Å². The Balaban J connectivity index is 2.33. The molecule has 2 aromatic rings. The number of nitrogens with zero attached hydrogens (tertiary/aromatic N) is 2. The van der Waals surface area contributed by atoms with Gasteiger partial charge >= 0.3 is 0 Å². The SMILES string of the molecule is CCC(C)NC(=O)c1cc(-c2cccc(Cl)c2)n(CC)n1. The van der Waals surface area contributed by atoms with Gasteiger partial charge in [-0.2, -0.15) is 5.10 Å². The van der Waals surface area contributed by atoms with E-state index in [0.29, 0.717) is 17.3 Å². The summed E-state index contributed by atoms with van der Waals surface area (Å²) in [5.74, 6) is -0.139. The number of halogens is 1. The van der Waals surface area contributed by atoms with Gasteiger partial charge in [-0.1, -0.05) is 30.7 Å². The van der Waals surface area contributed by atoms with Crippen LogP contribution in [0.5, 0.6) is 0 Å². The van der Waals surface area contributed by atoms with Crippen molar-refractivity contribution in [2.24, 2.45) is 0 Å². The molecule has 1 atom stereocenters. The van der Waals surface area contributed by atoms with Gasteiger partial charge in [0.2, 0.25) is 0 Å². The largest absolute Gasteiger partial charge is 0.348 e. The van der Waals surface area contributed by atoms with E-state index in [1.807, 2.05) is 55.8 Å². The zero-order chi connectivity index (χ0) is 15.4. The molecule has 1 aromatic carbocycles. The van der Waals surface area contributed by atoms with Gasteiger partial charge in [0, 0.05) is 23.2 Å². The second-order valence-corrected chi connectivity index (χ2v) is 5.46. The fourth-order valence-corrected chi connectivity index (χ4v) is 2.24. The van der Waals surface area contributed by atoms with E-state index in [1.165, 1.54) is 0 Å². The average Bonchev–Trinajstić information content (AvgIpc) is 2.91. The first kappa shape index (κ1) is 15.6. The fourth-order valence-electron chi connectivity index (χ4n) is 2.05. The molecule has 0 aliphatic heterocycles. The van der Waals surface area contributed by atoms with Crippen LogP contribution in [-0.2, 0) is 6.54 Å². The molecule has 21 heavy (non-hydrogen) atoms. The third kappa shape index (κ3) is 3.64. The lowest BCUT2D eigenvalue weighted by molar-refractivity contribution is 0.0933. The van der Waals surface area contributed by atoms with Crippen molar-refractivity contribution in [1.29, 1.82) is 0 Å². The standard InChI is InChI=1S/C16H20ClN3O/c1-4-11(3)18-16(21)14-10-15(20(5-2)19-14)12-7-6-8-13(17)9-12/h6-11H,4-5H2,1-3H3,(H,18,21). The van der Waals surface area contributed by atoms with Crippen LogP contribution in [0, 0.1) is 0 Å². The van der Waals surface area contributed by atoms with Crippen molar-refractivity contribution in [1.82, 2.24) is 15.1 Å². The molecule has 1 N–H and O–H groups in total. The summed E-state index contributed by atoms with van der Waals surface area (Å²) in [5.41, 5.74) is 2.29. The van der Waals surface area contributed by atoms with Gasteiger partial charge in [0.05, 0.1) is 5.69 Å². The van der Waals surface area contributed by atoms with Gasteiger partial charge in [-0.15, -0.1) is 0 Å². The molecule has 0 aliphatic rings. The van der Waals surface area contributed by atoms with E-state index in [2.05, 4.69) is 10.4 Å². The molecular formula is C16H20ClN3O. The molecule has 1 aromatic heterocycles. The van der Waals surface area contributed by atoms with E-state index in [-0.39, 0.29) is 11.9 Å². The molecule has 0 fully saturated rings. The molecule has 0 saturated carbocycles. The fraction of sp³-hybridized carbons (Fsp3) is 0.375. The van der Waals surface area contributed by atoms with Crippen LogP contribution in [0.2, 0.25) is 5.02 Å². The number of rotatable bonds is 5. The topological polar surface area (TPSA) is 46.9 Å². The molecule has 1 heterocycles. The minimum Gasteiger partial charge on any atom is -0.348 e. The lowest BCUT2D eigenvalue weighted by Crippen LogP contribution is -2.32. The Hall–Kier alpha value is -1.81. The maximum Gasteiger partial charge on any atom is 0.272 e. The molecule has 4 nitrogen and oxygen atoms in total. The van der Waals surface area contributed by atoms with Crippen LogP contribution in [-0.4, -0.2) is 21.7 Å². The molecule has 0 spiro atoms. The molecule has 112 valence electrons. The van der Waals surface area contributed by atoms with Crippen molar-refractivity contribution < 1.29 is 4.79 Å². The third-order valence-electron chi connectivity index (χ3n) is 3.42. The van der Waals surface area contributed by atoms with Crippen LogP contribution in [0.3, 0.4) is 0 Å². The maximum atomic E-state index is 12.2. The average molecular weight is 306 g/mol. The highest BCUT2D eigenvalue weighted by Gasteiger charge is 2.16. The number of aromatic nitrogens is 2. The molecular weight excluding hydrogens is 286 g/mol. The minimum atomic E-state index is -0.139. The summed E-state index contributed by atoms with van der Waals surface area (Å²) >= 11 is 6.04. The summed E-state index contributed by atoms with van der Waals surface area (Å²) in [6, 6.07) is 9.51. The quantitative estimate of drug-likeness (QED) is 0.914. The van der Waals surface area contributed by atoms with Crippen molar-refractivity contribution in [2.45, 2.75) is 39.8 Å². The van der Waals surface area contributed by atoms with E-state index in [1.54, 1.807) is 0 Å². The molecule has 0 saturated heterocycles. The van der Waals surface area contributed by atoms with Crippen molar-refractivity contribution in [3.8, 4) is 11.3 Å². The maximum absolute atomic E-state index is 12.2. The van der Waals surface area contributed by atoms with Gasteiger partial charge in [0.1, 0.15) is 0 Å². The van der Waals surface area contributed by atoms with Crippen molar-refractivity contribution in [2.75, 3.05) is 0 Å². The summed E-state index contributed by atoms with van der Waals surface area (Å²) in [6.45, 7) is 6.70. The Morgan fingerprint density at radius 2 is 2.14 bits per heavy atom. The predicted octanol–water partition coefficient (Wildman–Crippen LogP) is 3.75. The predicted molar refractivity (Wildman–Crippen MR) is 85.6 cm³/mol. The van der Waals surface area contributed by atoms with E-state index < -0.39 is 0 Å². The van der Waals surface area contributed by atoms with Crippen LogP contribution in [0.25, 0.3) is 11.3 Å². The van der Waals surface area contributed by atoms with Crippen LogP contribution < -0.4 is 5.32 Å². The molecule has 1 amide bonds. The molecule has 2 rings (SSSR count). The van der Waals surface area contributed by atoms with Gasteiger partial charge < -0.3 is 5.32 Å². The zero-order valence-corrected chi connectivity index (χ0v) is 13.3. The summed E-state index contributed by atoms with van der Waals surface area (Å²) in [6.07, 6.45) is 0.890. The Kier molecular flexibility index (Phi) is 5.02. The Morgan fingerprint density at radius 3 is 2.76 bits per heavy atom. The first-order valence-corrected chi connectivity index (χ1v) is 7.57. The molecule has 0 aliphatic carbocycles. The first-order valence-electron chi connectivity index (χ1n) is 7.19. The second kappa shape index (κ2) is 6.76.